The maximum Gasteiger partial charge on any atom is 0.131 e. The van der Waals surface area contributed by atoms with E-state index in [4.69, 9.17) is 4.98 Å². The number of nitrogens with one attached hydrogen (secondary N) is 1. The van der Waals surface area contributed by atoms with E-state index in [1.165, 1.54) is 22.3 Å². The predicted octanol–water partition coefficient (Wildman–Crippen LogP) is 4.45. The number of aromatic nitrogens is 2. The molecular weight excluding hydrogens is 258 g/mol. The smallest absolute Gasteiger partial charge is 0.131 e. The van der Waals surface area contributed by atoms with E-state index in [0.717, 1.165) is 36.7 Å². The molecule has 0 aliphatic rings. The van der Waals surface area contributed by atoms with Gasteiger partial charge < -0.3 is 5.32 Å². The minimum absolute atomic E-state index is 0.869. The maximum atomic E-state index is 4.78. The zero-order valence-corrected chi connectivity index (χ0v) is 13.7. The quantitative estimate of drug-likeness (QED) is 0.880. The van der Waals surface area contributed by atoms with Crippen LogP contribution in [0.25, 0.3) is 11.3 Å². The summed E-state index contributed by atoms with van der Waals surface area (Å²) in [6.07, 6.45) is 1.97. The first-order valence-electron chi connectivity index (χ1n) is 7.75. The molecule has 112 valence electrons. The highest BCUT2D eigenvalue weighted by molar-refractivity contribution is 5.70. The van der Waals surface area contributed by atoms with Gasteiger partial charge in [-0.3, -0.25) is 0 Å². The van der Waals surface area contributed by atoms with Gasteiger partial charge in [-0.25, -0.2) is 9.97 Å². The summed E-state index contributed by atoms with van der Waals surface area (Å²) in [5.41, 5.74) is 6.11. The molecule has 3 heteroatoms. The summed E-state index contributed by atoms with van der Waals surface area (Å²) >= 11 is 0. The first kappa shape index (κ1) is 15.5. The fraction of sp³-hybridized carbons (Fsp3) is 0.444. The van der Waals surface area contributed by atoms with Crippen LogP contribution >= 0.6 is 0 Å². The average molecular weight is 283 g/mol. The Morgan fingerprint density at radius 3 is 2.19 bits per heavy atom. The zero-order chi connectivity index (χ0) is 15.4. The van der Waals surface area contributed by atoms with E-state index < -0.39 is 0 Å². The van der Waals surface area contributed by atoms with E-state index in [-0.39, 0.29) is 0 Å². The molecule has 0 radical (unpaired) electrons. The van der Waals surface area contributed by atoms with Crippen LogP contribution < -0.4 is 5.32 Å². The minimum Gasteiger partial charge on any atom is -0.370 e. The normalized spacial score (nSPS) is 10.7. The Labute approximate surface area is 127 Å². The van der Waals surface area contributed by atoms with Gasteiger partial charge in [-0.05, 0) is 45.2 Å². The summed E-state index contributed by atoms with van der Waals surface area (Å²) < 4.78 is 0. The molecule has 0 unspecified atom stereocenters. The third kappa shape index (κ3) is 3.60. The highest BCUT2D eigenvalue weighted by atomic mass is 15.0. The SMILES string of the molecule is CCCc1nc(NCC)cc(-c2c(C)cc(C)cc2C)n1. The van der Waals surface area contributed by atoms with Gasteiger partial charge in [-0.2, -0.15) is 0 Å². The van der Waals surface area contributed by atoms with Gasteiger partial charge in [0.05, 0.1) is 5.69 Å². The van der Waals surface area contributed by atoms with Gasteiger partial charge in [0.25, 0.3) is 0 Å². The van der Waals surface area contributed by atoms with Crippen molar-refractivity contribution in [2.45, 2.75) is 47.5 Å². The number of hydrogen-bond donors (Lipinski definition) is 1. The number of hydrogen-bond acceptors (Lipinski definition) is 3. The van der Waals surface area contributed by atoms with Crippen LogP contribution in [0.1, 0.15) is 42.8 Å². The van der Waals surface area contributed by atoms with Gasteiger partial charge in [0.15, 0.2) is 0 Å². The van der Waals surface area contributed by atoms with Gasteiger partial charge in [0.2, 0.25) is 0 Å². The van der Waals surface area contributed by atoms with Crippen molar-refractivity contribution in [2.75, 3.05) is 11.9 Å². The molecule has 0 amide bonds. The fourth-order valence-corrected chi connectivity index (χ4v) is 2.82. The molecule has 0 aliphatic carbocycles. The molecule has 0 fully saturated rings. The minimum atomic E-state index is 0.869. The topological polar surface area (TPSA) is 37.8 Å². The van der Waals surface area contributed by atoms with Crippen LogP contribution in [-0.2, 0) is 6.42 Å². The maximum absolute atomic E-state index is 4.78. The second kappa shape index (κ2) is 6.70. The Bertz CT molecular complexity index is 585. The van der Waals surface area contributed by atoms with Crippen LogP contribution in [0.15, 0.2) is 18.2 Å². The van der Waals surface area contributed by atoms with E-state index in [1.54, 1.807) is 0 Å². The Balaban J connectivity index is 2.57. The first-order chi connectivity index (χ1) is 10.0. The molecule has 1 N–H and O–H groups in total. The third-order valence-corrected chi connectivity index (χ3v) is 3.54. The van der Waals surface area contributed by atoms with Crippen molar-refractivity contribution in [3.63, 3.8) is 0 Å². The predicted molar refractivity (Wildman–Crippen MR) is 89.8 cm³/mol. The second-order valence-electron chi connectivity index (χ2n) is 5.61. The summed E-state index contributed by atoms with van der Waals surface area (Å²) in [7, 11) is 0. The standard InChI is InChI=1S/C18H25N3/c1-6-8-16-20-15(11-17(21-16)19-7-2)18-13(4)9-12(3)10-14(18)5/h9-11H,6-8H2,1-5H3,(H,19,20,21). The average Bonchev–Trinajstić information content (AvgIpc) is 2.38. The Kier molecular flexibility index (Phi) is 4.94. The highest BCUT2D eigenvalue weighted by Crippen LogP contribution is 2.28. The number of anilines is 1. The van der Waals surface area contributed by atoms with Crippen LogP contribution in [0.4, 0.5) is 5.82 Å². The van der Waals surface area contributed by atoms with Crippen LogP contribution in [0.5, 0.6) is 0 Å². The van der Waals surface area contributed by atoms with Crippen molar-refractivity contribution in [1.82, 2.24) is 9.97 Å². The highest BCUT2D eigenvalue weighted by Gasteiger charge is 2.11. The van der Waals surface area contributed by atoms with Gasteiger partial charge in [0.1, 0.15) is 11.6 Å². The Hall–Kier alpha value is -1.90. The first-order valence-corrected chi connectivity index (χ1v) is 7.75. The monoisotopic (exact) mass is 283 g/mol. The molecule has 0 atom stereocenters. The van der Waals surface area contributed by atoms with Gasteiger partial charge in [-0.1, -0.05) is 24.6 Å². The lowest BCUT2D eigenvalue weighted by Crippen LogP contribution is -2.05. The third-order valence-electron chi connectivity index (χ3n) is 3.54. The van der Waals surface area contributed by atoms with E-state index in [2.05, 4.69) is 63.1 Å². The number of aryl methyl sites for hydroxylation is 4. The Morgan fingerprint density at radius 1 is 0.952 bits per heavy atom. The van der Waals surface area contributed by atoms with Crippen LogP contribution in [0.3, 0.4) is 0 Å². The van der Waals surface area contributed by atoms with Gasteiger partial charge in [0, 0.05) is 24.6 Å². The van der Waals surface area contributed by atoms with Crippen LogP contribution in [0.2, 0.25) is 0 Å². The summed E-state index contributed by atoms with van der Waals surface area (Å²) in [6, 6.07) is 6.50. The number of benzene rings is 1. The van der Waals surface area contributed by atoms with E-state index >= 15 is 0 Å². The van der Waals surface area contributed by atoms with Crippen LogP contribution in [0, 0.1) is 20.8 Å². The lowest BCUT2D eigenvalue weighted by atomic mass is 9.97. The lowest BCUT2D eigenvalue weighted by molar-refractivity contribution is 0.836. The molecular formula is C18H25N3. The molecule has 2 aromatic rings. The largest absolute Gasteiger partial charge is 0.370 e. The van der Waals surface area contributed by atoms with Crippen molar-refractivity contribution in [3.05, 3.63) is 40.7 Å². The molecule has 0 saturated heterocycles. The number of nitrogens with zero attached hydrogens (tertiary/aromatic N) is 2. The molecule has 3 nitrogen and oxygen atoms in total. The molecule has 0 bridgehead atoms. The Morgan fingerprint density at radius 2 is 1.62 bits per heavy atom. The molecule has 1 aromatic heterocycles. The zero-order valence-electron chi connectivity index (χ0n) is 13.7. The van der Waals surface area contributed by atoms with Gasteiger partial charge in [-0.15, -0.1) is 0 Å². The summed E-state index contributed by atoms with van der Waals surface area (Å²) in [4.78, 5) is 9.37. The summed E-state index contributed by atoms with van der Waals surface area (Å²) in [5, 5.41) is 3.32. The van der Waals surface area contributed by atoms with E-state index in [9.17, 15) is 0 Å². The molecule has 1 aromatic carbocycles. The molecule has 0 spiro atoms. The fourth-order valence-electron chi connectivity index (χ4n) is 2.82. The van der Waals surface area contributed by atoms with E-state index in [0.29, 0.717) is 0 Å². The molecule has 0 aliphatic heterocycles. The van der Waals surface area contributed by atoms with Crippen molar-refractivity contribution in [1.29, 1.82) is 0 Å². The van der Waals surface area contributed by atoms with Crippen molar-refractivity contribution < 1.29 is 0 Å². The van der Waals surface area contributed by atoms with Crippen molar-refractivity contribution in [3.8, 4) is 11.3 Å². The summed E-state index contributed by atoms with van der Waals surface area (Å²) in [5.74, 6) is 1.84. The molecule has 21 heavy (non-hydrogen) atoms. The molecule has 1 heterocycles. The van der Waals surface area contributed by atoms with Crippen molar-refractivity contribution >= 4 is 5.82 Å². The van der Waals surface area contributed by atoms with Crippen LogP contribution in [-0.4, -0.2) is 16.5 Å². The summed E-state index contributed by atoms with van der Waals surface area (Å²) in [6.45, 7) is 11.6. The van der Waals surface area contributed by atoms with Crippen molar-refractivity contribution in [2.24, 2.45) is 0 Å². The second-order valence-corrected chi connectivity index (χ2v) is 5.61. The molecule has 2 rings (SSSR count). The molecule has 0 saturated carbocycles. The number of rotatable bonds is 5. The van der Waals surface area contributed by atoms with Gasteiger partial charge >= 0.3 is 0 Å². The lowest BCUT2D eigenvalue weighted by Gasteiger charge is -2.13. The van der Waals surface area contributed by atoms with E-state index in [1.807, 2.05) is 0 Å².